The molecule has 0 aliphatic rings. The number of hydrogen-bond donors (Lipinski definition) is 3. The van der Waals surface area contributed by atoms with Crippen molar-refractivity contribution in [3.8, 4) is 5.75 Å². The third-order valence-corrected chi connectivity index (χ3v) is 2.61. The molecular formula is C14H18N2O5. The van der Waals surface area contributed by atoms with Gasteiger partial charge >= 0.3 is 5.97 Å². The van der Waals surface area contributed by atoms with E-state index < -0.39 is 17.8 Å². The number of carboxylic acids is 1. The molecular weight excluding hydrogens is 276 g/mol. The van der Waals surface area contributed by atoms with Crippen molar-refractivity contribution in [2.75, 3.05) is 6.61 Å². The van der Waals surface area contributed by atoms with Gasteiger partial charge in [-0.3, -0.25) is 25.2 Å². The highest BCUT2D eigenvalue weighted by atomic mass is 16.5. The van der Waals surface area contributed by atoms with Crippen molar-refractivity contribution < 1.29 is 24.2 Å². The van der Waals surface area contributed by atoms with E-state index in [1.165, 1.54) is 0 Å². The van der Waals surface area contributed by atoms with E-state index in [-0.39, 0.29) is 19.4 Å². The van der Waals surface area contributed by atoms with Crippen LogP contribution in [0.1, 0.15) is 24.0 Å². The van der Waals surface area contributed by atoms with E-state index >= 15 is 0 Å². The lowest BCUT2D eigenvalue weighted by molar-refractivity contribution is -0.139. The standard InChI is InChI=1S/C14H18N2O5/c1-9-3-4-10(2)11(7-9)21-8-13(18)16-15-12(17)5-6-14(19)20/h3-4,7H,5-6,8H2,1-2H3,(H,15,17)(H,16,18)(H,19,20). The van der Waals surface area contributed by atoms with Crippen LogP contribution in [0.5, 0.6) is 5.75 Å². The van der Waals surface area contributed by atoms with E-state index in [1.807, 2.05) is 32.0 Å². The Morgan fingerprint density at radius 1 is 1.10 bits per heavy atom. The molecule has 0 saturated carbocycles. The number of carboxylic acid groups (broad SMARTS) is 1. The fourth-order valence-electron chi connectivity index (χ4n) is 1.46. The second-order valence-corrected chi connectivity index (χ2v) is 4.55. The summed E-state index contributed by atoms with van der Waals surface area (Å²) < 4.78 is 5.35. The van der Waals surface area contributed by atoms with Crippen LogP contribution in [-0.2, 0) is 14.4 Å². The van der Waals surface area contributed by atoms with Crippen LogP contribution >= 0.6 is 0 Å². The molecule has 0 fully saturated rings. The van der Waals surface area contributed by atoms with Gasteiger partial charge in [0.15, 0.2) is 6.61 Å². The Morgan fingerprint density at radius 3 is 2.43 bits per heavy atom. The molecule has 1 aromatic carbocycles. The molecule has 0 aliphatic carbocycles. The Hall–Kier alpha value is -2.57. The normalized spacial score (nSPS) is 9.81. The van der Waals surface area contributed by atoms with Crippen LogP contribution in [0.2, 0.25) is 0 Å². The SMILES string of the molecule is Cc1ccc(C)c(OCC(=O)NNC(=O)CCC(=O)O)c1. The van der Waals surface area contributed by atoms with Gasteiger partial charge in [-0.15, -0.1) is 0 Å². The predicted molar refractivity (Wildman–Crippen MR) is 74.6 cm³/mol. The molecule has 0 radical (unpaired) electrons. The van der Waals surface area contributed by atoms with Crippen molar-refractivity contribution in [2.45, 2.75) is 26.7 Å². The largest absolute Gasteiger partial charge is 0.483 e. The molecule has 0 aliphatic heterocycles. The molecule has 2 amide bonds. The molecule has 3 N–H and O–H groups in total. The lowest BCUT2D eigenvalue weighted by Gasteiger charge is -2.10. The monoisotopic (exact) mass is 294 g/mol. The van der Waals surface area contributed by atoms with E-state index in [4.69, 9.17) is 9.84 Å². The minimum Gasteiger partial charge on any atom is -0.483 e. The molecule has 0 spiro atoms. The maximum absolute atomic E-state index is 11.5. The van der Waals surface area contributed by atoms with Gasteiger partial charge in [-0.05, 0) is 31.0 Å². The van der Waals surface area contributed by atoms with E-state index in [0.717, 1.165) is 11.1 Å². The predicted octanol–water partition coefficient (Wildman–Crippen LogP) is 0.694. The summed E-state index contributed by atoms with van der Waals surface area (Å²) >= 11 is 0. The number of aliphatic carboxylic acids is 1. The number of hydrogen-bond acceptors (Lipinski definition) is 4. The summed E-state index contributed by atoms with van der Waals surface area (Å²) in [5.74, 6) is -1.57. The van der Waals surface area contributed by atoms with Gasteiger partial charge in [-0.2, -0.15) is 0 Å². The molecule has 0 saturated heterocycles. The lowest BCUT2D eigenvalue weighted by atomic mass is 10.1. The first-order valence-corrected chi connectivity index (χ1v) is 6.38. The van der Waals surface area contributed by atoms with Crippen molar-refractivity contribution in [1.29, 1.82) is 0 Å². The van der Waals surface area contributed by atoms with Crippen molar-refractivity contribution in [3.05, 3.63) is 29.3 Å². The molecule has 0 unspecified atom stereocenters. The third kappa shape index (κ3) is 6.42. The van der Waals surface area contributed by atoms with Gasteiger partial charge in [0.05, 0.1) is 6.42 Å². The Balaban J connectivity index is 2.32. The molecule has 0 heterocycles. The van der Waals surface area contributed by atoms with Crippen molar-refractivity contribution in [1.82, 2.24) is 10.9 Å². The molecule has 1 aromatic rings. The van der Waals surface area contributed by atoms with Gasteiger partial charge in [0.1, 0.15) is 5.75 Å². The quantitative estimate of drug-likeness (QED) is 0.670. The molecule has 1 rings (SSSR count). The summed E-state index contributed by atoms with van der Waals surface area (Å²) in [4.78, 5) is 33.0. The molecule has 7 nitrogen and oxygen atoms in total. The topological polar surface area (TPSA) is 105 Å². The van der Waals surface area contributed by atoms with Gasteiger partial charge in [0.25, 0.3) is 5.91 Å². The molecule has 114 valence electrons. The zero-order valence-electron chi connectivity index (χ0n) is 11.9. The second-order valence-electron chi connectivity index (χ2n) is 4.55. The van der Waals surface area contributed by atoms with E-state index in [2.05, 4.69) is 10.9 Å². The fraction of sp³-hybridized carbons (Fsp3) is 0.357. The van der Waals surface area contributed by atoms with Gasteiger partial charge in [0.2, 0.25) is 5.91 Å². The van der Waals surface area contributed by atoms with Crippen LogP contribution < -0.4 is 15.6 Å². The van der Waals surface area contributed by atoms with E-state index in [1.54, 1.807) is 0 Å². The van der Waals surface area contributed by atoms with Gasteiger partial charge in [-0.25, -0.2) is 0 Å². The van der Waals surface area contributed by atoms with Crippen LogP contribution in [-0.4, -0.2) is 29.5 Å². The summed E-state index contributed by atoms with van der Waals surface area (Å²) in [7, 11) is 0. The zero-order valence-corrected chi connectivity index (χ0v) is 11.9. The summed E-state index contributed by atoms with van der Waals surface area (Å²) in [6.45, 7) is 3.53. The fourth-order valence-corrected chi connectivity index (χ4v) is 1.46. The Labute approximate surface area is 122 Å². The first-order valence-electron chi connectivity index (χ1n) is 6.38. The molecule has 7 heteroatoms. The number of benzene rings is 1. The number of carbonyl (C=O) groups excluding carboxylic acids is 2. The maximum Gasteiger partial charge on any atom is 0.303 e. The second kappa shape index (κ2) is 7.88. The Morgan fingerprint density at radius 2 is 1.76 bits per heavy atom. The highest BCUT2D eigenvalue weighted by molar-refractivity contribution is 5.84. The molecule has 0 aromatic heterocycles. The highest BCUT2D eigenvalue weighted by Crippen LogP contribution is 2.18. The van der Waals surface area contributed by atoms with Crippen molar-refractivity contribution in [2.24, 2.45) is 0 Å². The van der Waals surface area contributed by atoms with E-state index in [0.29, 0.717) is 5.75 Å². The van der Waals surface area contributed by atoms with Crippen LogP contribution in [0.15, 0.2) is 18.2 Å². The summed E-state index contributed by atoms with van der Waals surface area (Å²) in [6.07, 6.45) is -0.492. The van der Waals surface area contributed by atoms with Crippen LogP contribution in [0.25, 0.3) is 0 Å². The minimum absolute atomic E-state index is 0.201. The van der Waals surface area contributed by atoms with Gasteiger partial charge < -0.3 is 9.84 Å². The summed E-state index contributed by atoms with van der Waals surface area (Å²) in [6, 6.07) is 5.63. The smallest absolute Gasteiger partial charge is 0.303 e. The van der Waals surface area contributed by atoms with E-state index in [9.17, 15) is 14.4 Å². The number of rotatable bonds is 6. The maximum atomic E-state index is 11.5. The summed E-state index contributed by atoms with van der Waals surface area (Å²) in [5, 5.41) is 8.41. The minimum atomic E-state index is -1.07. The van der Waals surface area contributed by atoms with Gasteiger partial charge in [0, 0.05) is 6.42 Å². The third-order valence-electron chi connectivity index (χ3n) is 2.61. The average Bonchev–Trinajstić information content (AvgIpc) is 2.43. The van der Waals surface area contributed by atoms with Crippen LogP contribution in [0.3, 0.4) is 0 Å². The highest BCUT2D eigenvalue weighted by Gasteiger charge is 2.08. The van der Waals surface area contributed by atoms with Crippen LogP contribution in [0.4, 0.5) is 0 Å². The van der Waals surface area contributed by atoms with Crippen LogP contribution in [0, 0.1) is 13.8 Å². The van der Waals surface area contributed by atoms with Gasteiger partial charge in [-0.1, -0.05) is 12.1 Å². The summed E-state index contributed by atoms with van der Waals surface area (Å²) in [5.41, 5.74) is 6.19. The average molecular weight is 294 g/mol. The Bertz CT molecular complexity index is 542. The first-order chi connectivity index (χ1) is 9.88. The van der Waals surface area contributed by atoms with Crippen molar-refractivity contribution in [3.63, 3.8) is 0 Å². The molecule has 0 bridgehead atoms. The first kappa shape index (κ1) is 16.5. The lowest BCUT2D eigenvalue weighted by Crippen LogP contribution is -2.43. The number of amides is 2. The zero-order chi connectivity index (χ0) is 15.8. The molecule has 0 atom stereocenters. The van der Waals surface area contributed by atoms with Crippen molar-refractivity contribution >= 4 is 17.8 Å². The number of aryl methyl sites for hydroxylation is 2. The number of carbonyl (C=O) groups is 3. The number of nitrogens with one attached hydrogen (secondary N) is 2. The number of hydrazine groups is 1. The molecule has 21 heavy (non-hydrogen) atoms. The Kier molecular flexibility index (Phi) is 6.19. The number of ether oxygens (including phenoxy) is 1.